The molecule has 3 aliphatic rings. The lowest BCUT2D eigenvalue weighted by molar-refractivity contribution is -0.140. The van der Waals surface area contributed by atoms with Crippen LogP contribution in [0.1, 0.15) is 32.1 Å². The zero-order chi connectivity index (χ0) is 13.9. The summed E-state index contributed by atoms with van der Waals surface area (Å²) in [5, 5.41) is 0. The molecule has 0 radical (unpaired) electrons. The maximum absolute atomic E-state index is 12.4. The zero-order valence-electron chi connectivity index (χ0n) is 12.1. The molecule has 2 heterocycles. The second-order valence-corrected chi connectivity index (χ2v) is 6.13. The van der Waals surface area contributed by atoms with E-state index in [1.54, 1.807) is 0 Å². The van der Waals surface area contributed by atoms with Gasteiger partial charge in [0.2, 0.25) is 11.8 Å². The molecule has 5 heteroatoms. The molecule has 2 aliphatic heterocycles. The van der Waals surface area contributed by atoms with Crippen LogP contribution in [0.25, 0.3) is 0 Å². The van der Waals surface area contributed by atoms with E-state index in [9.17, 15) is 9.59 Å². The summed E-state index contributed by atoms with van der Waals surface area (Å²) in [6, 6.07) is 0. The summed E-state index contributed by atoms with van der Waals surface area (Å²) in [5.41, 5.74) is 0. The van der Waals surface area contributed by atoms with Crippen LogP contribution >= 0.6 is 0 Å². The van der Waals surface area contributed by atoms with Crippen LogP contribution in [0, 0.1) is 11.8 Å². The predicted octanol–water partition coefficient (Wildman–Crippen LogP) is 0.884. The van der Waals surface area contributed by atoms with Gasteiger partial charge in [0.15, 0.2) is 0 Å². The van der Waals surface area contributed by atoms with E-state index in [-0.39, 0.29) is 23.7 Å². The van der Waals surface area contributed by atoms with Gasteiger partial charge in [0.1, 0.15) is 0 Å². The molecule has 0 aromatic heterocycles. The van der Waals surface area contributed by atoms with Gasteiger partial charge in [-0.2, -0.15) is 0 Å². The first kappa shape index (κ1) is 13.9. The molecule has 2 unspecified atom stereocenters. The van der Waals surface area contributed by atoms with E-state index in [0.717, 1.165) is 32.4 Å². The van der Waals surface area contributed by atoms with Crippen molar-refractivity contribution >= 4 is 11.8 Å². The van der Waals surface area contributed by atoms with Crippen molar-refractivity contribution in [1.29, 1.82) is 0 Å². The number of morpholine rings is 1. The summed E-state index contributed by atoms with van der Waals surface area (Å²) in [4.78, 5) is 28.6. The fourth-order valence-electron chi connectivity index (χ4n) is 3.28. The quantitative estimate of drug-likeness (QED) is 0.754. The summed E-state index contributed by atoms with van der Waals surface area (Å²) < 4.78 is 5.26. The molecule has 5 nitrogen and oxygen atoms in total. The van der Waals surface area contributed by atoms with E-state index >= 15 is 0 Å². The smallest absolute Gasteiger partial charge is 0.226 e. The maximum Gasteiger partial charge on any atom is 0.226 e. The van der Waals surface area contributed by atoms with Crippen LogP contribution in [-0.2, 0) is 14.3 Å². The van der Waals surface area contributed by atoms with Gasteiger partial charge in [-0.3, -0.25) is 9.59 Å². The van der Waals surface area contributed by atoms with E-state index < -0.39 is 0 Å². The Morgan fingerprint density at radius 2 is 1.25 bits per heavy atom. The first-order chi connectivity index (χ1) is 9.77. The topological polar surface area (TPSA) is 49.9 Å². The number of carbonyl (C=O) groups excluding carboxylic acids is 2. The molecular formula is C15H24N2O3. The maximum atomic E-state index is 12.4. The number of amides is 2. The second-order valence-electron chi connectivity index (χ2n) is 6.13. The number of rotatable bonds is 2. The molecule has 2 amide bonds. The average Bonchev–Trinajstić information content (AvgIpc) is 3.30. The van der Waals surface area contributed by atoms with E-state index in [1.165, 1.54) is 12.8 Å². The highest BCUT2D eigenvalue weighted by Crippen LogP contribution is 2.41. The fourth-order valence-corrected chi connectivity index (χ4v) is 3.28. The minimum absolute atomic E-state index is 0.0385. The third kappa shape index (κ3) is 2.97. The van der Waals surface area contributed by atoms with Crippen LogP contribution in [-0.4, -0.2) is 61.0 Å². The summed E-state index contributed by atoms with van der Waals surface area (Å²) in [6.45, 7) is 4.38. The van der Waals surface area contributed by atoms with Gasteiger partial charge in [0.25, 0.3) is 0 Å². The van der Waals surface area contributed by atoms with Crippen LogP contribution in [0.3, 0.4) is 0 Å². The first-order valence-electron chi connectivity index (χ1n) is 7.92. The Kier molecular flexibility index (Phi) is 4.24. The summed E-state index contributed by atoms with van der Waals surface area (Å²) in [6.07, 6.45) is 5.43. The first-order valence-corrected chi connectivity index (χ1v) is 7.92. The highest BCUT2D eigenvalue weighted by atomic mass is 16.5. The van der Waals surface area contributed by atoms with Crippen molar-refractivity contribution in [2.75, 3.05) is 39.4 Å². The molecular weight excluding hydrogens is 256 g/mol. The SMILES string of the molecule is O=C(C1CC1C(=O)N1CCOCC1)N1CCCCCC1. The molecule has 3 rings (SSSR count). The van der Waals surface area contributed by atoms with Crippen molar-refractivity contribution in [3.63, 3.8) is 0 Å². The van der Waals surface area contributed by atoms with E-state index in [4.69, 9.17) is 4.74 Å². The van der Waals surface area contributed by atoms with E-state index in [0.29, 0.717) is 26.3 Å². The average molecular weight is 280 g/mol. The summed E-state index contributed by atoms with van der Waals surface area (Å²) in [7, 11) is 0. The van der Waals surface area contributed by atoms with Gasteiger partial charge < -0.3 is 14.5 Å². The Morgan fingerprint density at radius 1 is 0.750 bits per heavy atom. The second kappa shape index (κ2) is 6.12. The van der Waals surface area contributed by atoms with Crippen LogP contribution in [0.2, 0.25) is 0 Å². The van der Waals surface area contributed by atoms with Gasteiger partial charge in [0, 0.05) is 26.2 Å². The van der Waals surface area contributed by atoms with Crippen molar-refractivity contribution in [3.05, 3.63) is 0 Å². The Morgan fingerprint density at radius 3 is 1.80 bits per heavy atom. The molecule has 0 spiro atoms. The molecule has 112 valence electrons. The number of carbonyl (C=O) groups is 2. The van der Waals surface area contributed by atoms with Crippen LogP contribution in [0.4, 0.5) is 0 Å². The molecule has 1 aliphatic carbocycles. The lowest BCUT2D eigenvalue weighted by Crippen LogP contribution is -2.42. The van der Waals surface area contributed by atoms with Crippen LogP contribution in [0.15, 0.2) is 0 Å². The number of hydrogen-bond acceptors (Lipinski definition) is 3. The third-order valence-electron chi connectivity index (χ3n) is 4.67. The molecule has 0 N–H and O–H groups in total. The molecule has 0 aromatic rings. The third-order valence-corrected chi connectivity index (χ3v) is 4.67. The van der Waals surface area contributed by atoms with Gasteiger partial charge in [-0.25, -0.2) is 0 Å². The van der Waals surface area contributed by atoms with Crippen molar-refractivity contribution in [2.45, 2.75) is 32.1 Å². The van der Waals surface area contributed by atoms with Gasteiger partial charge in [0.05, 0.1) is 25.0 Å². The summed E-state index contributed by atoms with van der Waals surface area (Å²) in [5.74, 6) is 0.298. The van der Waals surface area contributed by atoms with Crippen molar-refractivity contribution in [2.24, 2.45) is 11.8 Å². The van der Waals surface area contributed by atoms with Gasteiger partial charge >= 0.3 is 0 Å². The lowest BCUT2D eigenvalue weighted by atomic mass is 10.2. The molecule has 2 atom stereocenters. The Labute approximate surface area is 120 Å². The standard InChI is InChI=1S/C15H24N2O3/c18-14(16-5-3-1-2-4-6-16)12-11-13(12)15(19)17-7-9-20-10-8-17/h12-13H,1-11H2. The van der Waals surface area contributed by atoms with Gasteiger partial charge in [-0.05, 0) is 19.3 Å². The largest absolute Gasteiger partial charge is 0.378 e. The number of hydrogen-bond donors (Lipinski definition) is 0. The van der Waals surface area contributed by atoms with Gasteiger partial charge in [-0.15, -0.1) is 0 Å². The fraction of sp³-hybridized carbons (Fsp3) is 0.867. The highest BCUT2D eigenvalue weighted by molar-refractivity contribution is 5.92. The monoisotopic (exact) mass is 280 g/mol. The predicted molar refractivity (Wildman–Crippen MR) is 74.0 cm³/mol. The minimum atomic E-state index is -0.0520. The molecule has 0 bridgehead atoms. The van der Waals surface area contributed by atoms with Crippen molar-refractivity contribution in [1.82, 2.24) is 9.80 Å². The molecule has 2 saturated heterocycles. The number of ether oxygens (including phenoxy) is 1. The normalized spacial score (nSPS) is 30.8. The number of nitrogens with zero attached hydrogens (tertiary/aromatic N) is 2. The Bertz CT molecular complexity index is 371. The molecule has 3 fully saturated rings. The minimum Gasteiger partial charge on any atom is -0.378 e. The molecule has 20 heavy (non-hydrogen) atoms. The summed E-state index contributed by atoms with van der Waals surface area (Å²) >= 11 is 0. The van der Waals surface area contributed by atoms with E-state index in [2.05, 4.69) is 0 Å². The molecule has 1 saturated carbocycles. The van der Waals surface area contributed by atoms with E-state index in [1.807, 2.05) is 9.80 Å². The zero-order valence-corrected chi connectivity index (χ0v) is 12.1. The van der Waals surface area contributed by atoms with Crippen LogP contribution < -0.4 is 0 Å². The number of likely N-dealkylation sites (tertiary alicyclic amines) is 1. The Balaban J connectivity index is 1.52. The lowest BCUT2D eigenvalue weighted by Gasteiger charge is -2.27. The van der Waals surface area contributed by atoms with Crippen molar-refractivity contribution < 1.29 is 14.3 Å². The van der Waals surface area contributed by atoms with Gasteiger partial charge in [-0.1, -0.05) is 12.8 Å². The Hall–Kier alpha value is -1.10. The highest BCUT2D eigenvalue weighted by Gasteiger charge is 2.50. The van der Waals surface area contributed by atoms with Crippen molar-refractivity contribution in [3.8, 4) is 0 Å². The van der Waals surface area contributed by atoms with Crippen LogP contribution in [0.5, 0.6) is 0 Å². The molecule has 0 aromatic carbocycles.